The molecule has 2 aromatic rings. The van der Waals surface area contributed by atoms with Crippen molar-refractivity contribution in [1.82, 2.24) is 9.78 Å². The van der Waals surface area contributed by atoms with E-state index in [1.54, 1.807) is 24.6 Å². The molecular weight excluding hydrogens is 382 g/mol. The summed E-state index contributed by atoms with van der Waals surface area (Å²) >= 11 is 8.58. The van der Waals surface area contributed by atoms with Crippen LogP contribution in [0.15, 0.2) is 25.9 Å². The quantitative estimate of drug-likeness (QED) is 0.847. The van der Waals surface area contributed by atoms with Gasteiger partial charge >= 0.3 is 0 Å². The van der Waals surface area contributed by atoms with Crippen LogP contribution in [0.3, 0.4) is 0 Å². The molecular formula is C11H13Br2N3OS. The highest BCUT2D eigenvalue weighted by molar-refractivity contribution is 9.11. The van der Waals surface area contributed by atoms with Gasteiger partial charge in [0, 0.05) is 7.11 Å². The van der Waals surface area contributed by atoms with E-state index in [4.69, 9.17) is 10.5 Å². The molecule has 0 saturated heterocycles. The molecule has 4 nitrogen and oxygen atoms in total. The molecule has 0 radical (unpaired) electrons. The standard InChI is InChI=1S/C11H13Br2N3OS/c1-17-3-2-16-11(8(12)5-15-16)10(14)7-4-9(13)18-6-7/h4-6,10H,2-3,14H2,1H3. The molecule has 2 aromatic heterocycles. The van der Waals surface area contributed by atoms with Crippen LogP contribution in [0.2, 0.25) is 0 Å². The predicted octanol–water partition coefficient (Wildman–Crippen LogP) is 3.16. The van der Waals surface area contributed by atoms with Gasteiger partial charge in [-0.1, -0.05) is 0 Å². The Morgan fingerprint density at radius 2 is 2.33 bits per heavy atom. The lowest BCUT2D eigenvalue weighted by Crippen LogP contribution is -2.19. The smallest absolute Gasteiger partial charge is 0.0743 e. The monoisotopic (exact) mass is 393 g/mol. The zero-order valence-corrected chi connectivity index (χ0v) is 13.8. The number of ether oxygens (including phenoxy) is 1. The fourth-order valence-electron chi connectivity index (χ4n) is 1.68. The van der Waals surface area contributed by atoms with Gasteiger partial charge in [-0.3, -0.25) is 4.68 Å². The van der Waals surface area contributed by atoms with E-state index >= 15 is 0 Å². The maximum absolute atomic E-state index is 6.30. The maximum atomic E-state index is 6.30. The summed E-state index contributed by atoms with van der Waals surface area (Å²) in [5, 5.41) is 6.36. The molecule has 0 fully saturated rings. The van der Waals surface area contributed by atoms with Crippen LogP contribution in [-0.2, 0) is 11.3 Å². The Morgan fingerprint density at radius 3 is 2.94 bits per heavy atom. The number of rotatable bonds is 5. The van der Waals surface area contributed by atoms with Gasteiger partial charge in [-0.05, 0) is 48.9 Å². The molecule has 2 rings (SSSR count). The molecule has 0 bridgehead atoms. The van der Waals surface area contributed by atoms with Gasteiger partial charge < -0.3 is 10.5 Å². The van der Waals surface area contributed by atoms with Gasteiger partial charge in [0.05, 0.1) is 39.3 Å². The van der Waals surface area contributed by atoms with Gasteiger partial charge in [-0.25, -0.2) is 0 Å². The Kier molecular flexibility index (Phi) is 4.97. The Labute approximate surface area is 126 Å². The molecule has 0 aliphatic heterocycles. The summed E-state index contributed by atoms with van der Waals surface area (Å²) in [5.74, 6) is 0. The van der Waals surface area contributed by atoms with Crippen molar-refractivity contribution in [1.29, 1.82) is 0 Å². The van der Waals surface area contributed by atoms with Crippen LogP contribution in [0, 0.1) is 0 Å². The number of thiophene rings is 1. The third-order valence-corrected chi connectivity index (χ3v) is 4.72. The molecule has 0 aliphatic rings. The molecule has 2 N–H and O–H groups in total. The molecule has 1 unspecified atom stereocenters. The van der Waals surface area contributed by atoms with E-state index in [0.717, 1.165) is 19.5 Å². The van der Waals surface area contributed by atoms with Crippen LogP contribution in [0.5, 0.6) is 0 Å². The number of halogens is 2. The Bertz CT molecular complexity index is 526. The Morgan fingerprint density at radius 1 is 1.56 bits per heavy atom. The molecule has 1 atom stereocenters. The van der Waals surface area contributed by atoms with Gasteiger partial charge in [0.25, 0.3) is 0 Å². The number of methoxy groups -OCH3 is 1. The molecule has 0 spiro atoms. The summed E-state index contributed by atoms with van der Waals surface area (Å²) in [6, 6.07) is 1.84. The highest BCUT2D eigenvalue weighted by Gasteiger charge is 2.19. The molecule has 2 heterocycles. The summed E-state index contributed by atoms with van der Waals surface area (Å²) in [5.41, 5.74) is 8.35. The summed E-state index contributed by atoms with van der Waals surface area (Å²) in [7, 11) is 1.67. The third-order valence-electron chi connectivity index (χ3n) is 2.58. The molecule has 0 saturated carbocycles. The summed E-state index contributed by atoms with van der Waals surface area (Å²) in [6.07, 6.45) is 1.77. The molecule has 0 aliphatic carbocycles. The highest BCUT2D eigenvalue weighted by atomic mass is 79.9. The summed E-state index contributed by atoms with van der Waals surface area (Å²) in [6.45, 7) is 1.30. The predicted molar refractivity (Wildman–Crippen MR) is 79.9 cm³/mol. The minimum Gasteiger partial charge on any atom is -0.383 e. The SMILES string of the molecule is COCCn1ncc(Br)c1C(N)c1csc(Br)c1. The first-order chi connectivity index (χ1) is 8.63. The van der Waals surface area contributed by atoms with Gasteiger partial charge in [0.1, 0.15) is 0 Å². The summed E-state index contributed by atoms with van der Waals surface area (Å²) < 4.78 is 8.96. The lowest BCUT2D eigenvalue weighted by atomic mass is 10.1. The maximum Gasteiger partial charge on any atom is 0.0743 e. The Hall–Kier alpha value is -0.210. The van der Waals surface area contributed by atoms with Crippen LogP contribution >= 0.6 is 43.2 Å². The first-order valence-corrected chi connectivity index (χ1v) is 7.79. The number of hydrogen-bond acceptors (Lipinski definition) is 4. The minimum absolute atomic E-state index is 0.193. The normalized spacial score (nSPS) is 12.9. The average Bonchev–Trinajstić information content (AvgIpc) is 2.92. The van der Waals surface area contributed by atoms with Crippen molar-refractivity contribution in [3.63, 3.8) is 0 Å². The van der Waals surface area contributed by atoms with Crippen LogP contribution in [-0.4, -0.2) is 23.5 Å². The van der Waals surface area contributed by atoms with Crippen LogP contribution in [0.4, 0.5) is 0 Å². The average molecular weight is 395 g/mol. The van der Waals surface area contributed by atoms with Crippen molar-refractivity contribution in [2.45, 2.75) is 12.6 Å². The molecule has 7 heteroatoms. The van der Waals surface area contributed by atoms with Crippen molar-refractivity contribution in [2.24, 2.45) is 5.73 Å². The van der Waals surface area contributed by atoms with E-state index in [1.807, 2.05) is 10.7 Å². The largest absolute Gasteiger partial charge is 0.383 e. The van der Waals surface area contributed by atoms with Gasteiger partial charge in [0.15, 0.2) is 0 Å². The second-order valence-corrected chi connectivity index (χ2v) is 6.90. The number of nitrogens with two attached hydrogens (primary N) is 1. The zero-order valence-electron chi connectivity index (χ0n) is 9.77. The van der Waals surface area contributed by atoms with E-state index in [-0.39, 0.29) is 6.04 Å². The highest BCUT2D eigenvalue weighted by Crippen LogP contribution is 2.31. The topological polar surface area (TPSA) is 53.1 Å². The van der Waals surface area contributed by atoms with Gasteiger partial charge in [-0.2, -0.15) is 5.10 Å². The minimum atomic E-state index is -0.193. The zero-order chi connectivity index (χ0) is 13.1. The van der Waals surface area contributed by atoms with Gasteiger partial charge in [-0.15, -0.1) is 11.3 Å². The second kappa shape index (κ2) is 6.29. The lowest BCUT2D eigenvalue weighted by Gasteiger charge is -2.14. The van der Waals surface area contributed by atoms with E-state index in [1.165, 1.54) is 0 Å². The second-order valence-electron chi connectivity index (χ2n) is 3.76. The summed E-state index contributed by atoms with van der Waals surface area (Å²) in [4.78, 5) is 0. The van der Waals surface area contributed by atoms with E-state index < -0.39 is 0 Å². The molecule has 98 valence electrons. The number of hydrogen-bond donors (Lipinski definition) is 1. The fraction of sp³-hybridized carbons (Fsp3) is 0.364. The van der Waals surface area contributed by atoms with Crippen LogP contribution < -0.4 is 5.73 Å². The van der Waals surface area contributed by atoms with Crippen LogP contribution in [0.25, 0.3) is 0 Å². The van der Waals surface area contributed by atoms with Crippen molar-refractivity contribution in [2.75, 3.05) is 13.7 Å². The number of aromatic nitrogens is 2. The van der Waals surface area contributed by atoms with Gasteiger partial charge in [0.2, 0.25) is 0 Å². The molecule has 18 heavy (non-hydrogen) atoms. The van der Waals surface area contributed by atoms with Crippen LogP contribution in [0.1, 0.15) is 17.3 Å². The fourth-order valence-corrected chi connectivity index (χ4v) is 3.44. The van der Waals surface area contributed by atoms with E-state index in [0.29, 0.717) is 13.2 Å². The van der Waals surface area contributed by atoms with Crippen molar-refractivity contribution >= 4 is 43.2 Å². The van der Waals surface area contributed by atoms with E-state index in [2.05, 4.69) is 42.3 Å². The van der Waals surface area contributed by atoms with Crippen molar-refractivity contribution < 1.29 is 4.74 Å². The first kappa shape index (κ1) is 14.2. The number of nitrogens with zero attached hydrogens (tertiary/aromatic N) is 2. The van der Waals surface area contributed by atoms with E-state index in [9.17, 15) is 0 Å². The molecule has 0 aromatic carbocycles. The first-order valence-electron chi connectivity index (χ1n) is 5.33. The van der Waals surface area contributed by atoms with Crippen molar-refractivity contribution in [3.05, 3.63) is 37.2 Å². The Balaban J connectivity index is 2.28. The van der Waals surface area contributed by atoms with Crippen molar-refractivity contribution in [3.8, 4) is 0 Å². The lowest BCUT2D eigenvalue weighted by molar-refractivity contribution is 0.182. The molecule has 0 amide bonds. The third kappa shape index (κ3) is 3.03.